The summed E-state index contributed by atoms with van der Waals surface area (Å²) in [5, 5.41) is 5.25. The zero-order chi connectivity index (χ0) is 41.7. The lowest BCUT2D eigenvalue weighted by Crippen LogP contribution is -2.09. The predicted octanol–water partition coefficient (Wildman–Crippen LogP) is 18.2. The molecule has 0 fully saturated rings. The molecule has 63 heavy (non-hydrogen) atoms. The van der Waals surface area contributed by atoms with Crippen molar-refractivity contribution in [2.45, 2.75) is 0 Å². The fourth-order valence-corrected chi connectivity index (χ4v) is 11.6. The normalized spacial score (nSPS) is 11.5. The maximum Gasteiger partial charge on any atom is 0.0462 e. The molecule has 0 saturated heterocycles. The molecule has 0 atom stereocenters. The molecule has 0 radical (unpaired) electrons. The third-order valence-electron chi connectivity index (χ3n) is 12.3. The van der Waals surface area contributed by atoms with Crippen molar-refractivity contribution in [2.24, 2.45) is 0 Å². The number of hydrogen-bond acceptors (Lipinski definition) is 3. The molecule has 0 aliphatic rings. The largest absolute Gasteiger partial charge is 0.311 e. The Labute approximate surface area is 375 Å². The summed E-state index contributed by atoms with van der Waals surface area (Å²) in [5.41, 5.74) is 15.5. The quantitative estimate of drug-likeness (QED) is 0.147. The average Bonchev–Trinajstić information content (AvgIpc) is 3.94. The maximum atomic E-state index is 2.41. The average molecular weight is 838 g/mol. The van der Waals surface area contributed by atoms with Crippen LogP contribution in [0.3, 0.4) is 0 Å². The van der Waals surface area contributed by atoms with E-state index in [-0.39, 0.29) is 0 Å². The van der Waals surface area contributed by atoms with E-state index in [2.05, 4.69) is 241 Å². The Morgan fingerprint density at radius 3 is 1.00 bits per heavy atom. The summed E-state index contributed by atoms with van der Waals surface area (Å²) in [4.78, 5) is 2.36. The second kappa shape index (κ2) is 15.7. The van der Waals surface area contributed by atoms with Gasteiger partial charge in [-0.2, -0.15) is 0 Å². The number of nitrogens with zero attached hydrogens (tertiary/aromatic N) is 1. The van der Waals surface area contributed by atoms with Crippen LogP contribution in [0.1, 0.15) is 0 Å². The Hall–Kier alpha value is -7.56. The minimum Gasteiger partial charge on any atom is -0.311 e. The molecule has 12 aromatic rings. The van der Waals surface area contributed by atoms with Crippen LogP contribution in [0.5, 0.6) is 0 Å². The number of fused-ring (bicyclic) bond motifs is 6. The monoisotopic (exact) mass is 837 g/mol. The second-order valence-electron chi connectivity index (χ2n) is 16.1. The summed E-state index contributed by atoms with van der Waals surface area (Å²) in [6.07, 6.45) is 0. The Kier molecular flexibility index (Phi) is 9.29. The van der Waals surface area contributed by atoms with Gasteiger partial charge in [0.15, 0.2) is 0 Å². The number of benzene rings is 10. The number of hydrogen-bond donors (Lipinski definition) is 0. The van der Waals surface area contributed by atoms with E-state index in [0.717, 1.165) is 17.1 Å². The minimum absolute atomic E-state index is 1.10. The first-order chi connectivity index (χ1) is 31.2. The summed E-state index contributed by atoms with van der Waals surface area (Å²) in [5.74, 6) is 0. The van der Waals surface area contributed by atoms with E-state index in [0.29, 0.717) is 0 Å². The van der Waals surface area contributed by atoms with Gasteiger partial charge in [0, 0.05) is 57.4 Å². The molecule has 2 aromatic heterocycles. The van der Waals surface area contributed by atoms with Gasteiger partial charge in [0.2, 0.25) is 0 Å². The molecule has 0 bridgehead atoms. The lowest BCUT2D eigenvalue weighted by atomic mass is 9.92. The van der Waals surface area contributed by atoms with E-state index in [1.165, 1.54) is 96.0 Å². The Morgan fingerprint density at radius 2 is 0.571 bits per heavy atom. The second-order valence-corrected chi connectivity index (χ2v) is 18.2. The van der Waals surface area contributed by atoms with E-state index in [1.54, 1.807) is 0 Å². The molecule has 0 amide bonds. The summed E-state index contributed by atoms with van der Waals surface area (Å²) in [6.45, 7) is 0. The molecule has 0 saturated carbocycles. The van der Waals surface area contributed by atoms with Gasteiger partial charge in [-0.25, -0.2) is 0 Å². The standard InChI is InChI=1S/C60H39NS2/c1-3-13-40(14-4-1)42-25-31-48(32-26-42)61(49-33-27-43(28-34-49)41-15-5-2-6-16-41)50-35-29-44(30-36-50)45-37-46(51-19-11-21-55-53-17-7-9-23-57(53)62-59(51)55)39-47(38-45)52-20-12-22-56-54-18-8-10-24-58(54)63-60(52)56/h1-39H. The smallest absolute Gasteiger partial charge is 0.0462 e. The van der Waals surface area contributed by atoms with Crippen molar-refractivity contribution in [1.82, 2.24) is 0 Å². The molecule has 1 nitrogen and oxygen atoms in total. The minimum atomic E-state index is 1.10. The summed E-state index contributed by atoms with van der Waals surface area (Å²) in [6, 6.07) is 86.5. The van der Waals surface area contributed by atoms with Crippen LogP contribution in [-0.4, -0.2) is 0 Å². The summed E-state index contributed by atoms with van der Waals surface area (Å²) >= 11 is 3.78. The Morgan fingerprint density at radius 1 is 0.238 bits per heavy atom. The predicted molar refractivity (Wildman–Crippen MR) is 274 cm³/mol. The van der Waals surface area contributed by atoms with E-state index in [9.17, 15) is 0 Å². The van der Waals surface area contributed by atoms with Gasteiger partial charge in [-0.15, -0.1) is 22.7 Å². The van der Waals surface area contributed by atoms with Gasteiger partial charge >= 0.3 is 0 Å². The highest BCUT2D eigenvalue weighted by Gasteiger charge is 2.18. The number of rotatable bonds is 8. The van der Waals surface area contributed by atoms with Gasteiger partial charge < -0.3 is 4.90 Å². The maximum absolute atomic E-state index is 2.41. The third kappa shape index (κ3) is 6.79. The number of anilines is 3. The van der Waals surface area contributed by atoms with Gasteiger partial charge in [-0.05, 0) is 122 Å². The van der Waals surface area contributed by atoms with Crippen molar-refractivity contribution in [3.8, 4) is 55.6 Å². The molecule has 296 valence electrons. The highest BCUT2D eigenvalue weighted by atomic mass is 32.1. The fraction of sp³-hybridized carbons (Fsp3) is 0. The molecule has 10 aromatic carbocycles. The highest BCUT2D eigenvalue weighted by molar-refractivity contribution is 7.26. The Bertz CT molecular complexity index is 3370. The van der Waals surface area contributed by atoms with Crippen molar-refractivity contribution in [1.29, 1.82) is 0 Å². The summed E-state index contributed by atoms with van der Waals surface area (Å²) < 4.78 is 5.28. The van der Waals surface area contributed by atoms with Crippen LogP contribution in [0.25, 0.3) is 96.0 Å². The van der Waals surface area contributed by atoms with Crippen LogP contribution in [0, 0.1) is 0 Å². The molecule has 2 heterocycles. The molecule has 0 N–H and O–H groups in total. The van der Waals surface area contributed by atoms with Crippen LogP contribution in [0.2, 0.25) is 0 Å². The number of thiophene rings is 2. The molecule has 0 unspecified atom stereocenters. The zero-order valence-corrected chi connectivity index (χ0v) is 35.9. The van der Waals surface area contributed by atoms with Crippen LogP contribution >= 0.6 is 22.7 Å². The van der Waals surface area contributed by atoms with Gasteiger partial charge in [0.1, 0.15) is 0 Å². The van der Waals surface area contributed by atoms with E-state index >= 15 is 0 Å². The highest BCUT2D eigenvalue weighted by Crippen LogP contribution is 2.45. The SMILES string of the molecule is c1ccc(-c2ccc(N(c3ccc(-c4ccccc4)cc3)c3ccc(-c4cc(-c5cccc6c5sc5ccccc56)cc(-c5cccc6c5sc5ccccc56)c4)cc3)cc2)cc1. The molecule has 12 rings (SSSR count). The van der Waals surface area contributed by atoms with Crippen molar-refractivity contribution in [3.05, 3.63) is 237 Å². The first-order valence-corrected chi connectivity index (χ1v) is 23.0. The van der Waals surface area contributed by atoms with E-state index in [1.807, 2.05) is 22.7 Å². The molecule has 0 spiro atoms. The lowest BCUT2D eigenvalue weighted by Gasteiger charge is -2.26. The van der Waals surface area contributed by atoms with Gasteiger partial charge in [0.25, 0.3) is 0 Å². The first kappa shape index (κ1) is 37.2. The molecule has 3 heteroatoms. The third-order valence-corrected chi connectivity index (χ3v) is 14.7. The van der Waals surface area contributed by atoms with Crippen molar-refractivity contribution < 1.29 is 0 Å². The lowest BCUT2D eigenvalue weighted by molar-refractivity contribution is 1.28. The first-order valence-electron chi connectivity index (χ1n) is 21.4. The molecule has 0 aliphatic carbocycles. The van der Waals surface area contributed by atoms with Crippen LogP contribution in [0.4, 0.5) is 17.1 Å². The fourth-order valence-electron chi connectivity index (χ4n) is 9.17. The van der Waals surface area contributed by atoms with Gasteiger partial charge in [-0.3, -0.25) is 0 Å². The van der Waals surface area contributed by atoms with Gasteiger partial charge in [0.05, 0.1) is 0 Å². The zero-order valence-electron chi connectivity index (χ0n) is 34.3. The molecular formula is C60H39NS2. The van der Waals surface area contributed by atoms with Crippen LogP contribution in [0.15, 0.2) is 237 Å². The van der Waals surface area contributed by atoms with Crippen molar-refractivity contribution >= 4 is 80.1 Å². The van der Waals surface area contributed by atoms with Crippen molar-refractivity contribution in [2.75, 3.05) is 4.90 Å². The molecule has 0 aliphatic heterocycles. The van der Waals surface area contributed by atoms with Crippen molar-refractivity contribution in [3.63, 3.8) is 0 Å². The van der Waals surface area contributed by atoms with Gasteiger partial charge in [-0.1, -0.05) is 170 Å². The Balaban J connectivity index is 0.994. The summed E-state index contributed by atoms with van der Waals surface area (Å²) in [7, 11) is 0. The topological polar surface area (TPSA) is 3.24 Å². The molecular weight excluding hydrogens is 799 g/mol. The van der Waals surface area contributed by atoms with E-state index in [4.69, 9.17) is 0 Å². The van der Waals surface area contributed by atoms with E-state index < -0.39 is 0 Å². The van der Waals surface area contributed by atoms with Crippen LogP contribution < -0.4 is 4.90 Å². The van der Waals surface area contributed by atoms with Crippen LogP contribution in [-0.2, 0) is 0 Å².